The summed E-state index contributed by atoms with van der Waals surface area (Å²) in [6.07, 6.45) is 4.67. The average Bonchev–Trinajstić information content (AvgIpc) is 3.00. The normalized spacial score (nSPS) is 13.9. The Morgan fingerprint density at radius 3 is 2.87 bits per heavy atom. The lowest BCUT2D eigenvalue weighted by Crippen LogP contribution is -2.29. The molecule has 0 radical (unpaired) electrons. The lowest BCUT2D eigenvalue weighted by Gasteiger charge is -2.16. The number of carbonyl (C=O) groups is 2. The van der Waals surface area contributed by atoms with Crippen molar-refractivity contribution in [2.45, 2.75) is 19.4 Å². The number of pyridine rings is 2. The van der Waals surface area contributed by atoms with Crippen molar-refractivity contribution in [1.82, 2.24) is 15.3 Å². The summed E-state index contributed by atoms with van der Waals surface area (Å²) in [5.74, 6) is 0.502. The van der Waals surface area contributed by atoms with Gasteiger partial charge in [-0.25, -0.2) is 9.78 Å². The molecule has 2 N–H and O–H groups in total. The lowest BCUT2D eigenvalue weighted by molar-refractivity contribution is -0.117. The van der Waals surface area contributed by atoms with Crippen LogP contribution in [0.2, 0.25) is 0 Å². The first-order chi connectivity index (χ1) is 11.2. The Morgan fingerprint density at radius 1 is 1.22 bits per heavy atom. The van der Waals surface area contributed by atoms with Gasteiger partial charge in [0.2, 0.25) is 5.91 Å². The van der Waals surface area contributed by atoms with Crippen molar-refractivity contribution >= 4 is 23.4 Å². The molecule has 118 valence electrons. The topological polar surface area (TPSA) is 87.2 Å². The summed E-state index contributed by atoms with van der Waals surface area (Å²) in [6.45, 7) is 1.03. The Labute approximate surface area is 133 Å². The van der Waals surface area contributed by atoms with E-state index >= 15 is 0 Å². The average molecular weight is 311 g/mol. The van der Waals surface area contributed by atoms with Crippen molar-refractivity contribution in [1.29, 1.82) is 0 Å². The highest BCUT2D eigenvalue weighted by molar-refractivity contribution is 5.96. The van der Waals surface area contributed by atoms with Crippen molar-refractivity contribution in [2.75, 3.05) is 16.8 Å². The predicted octanol–water partition coefficient (Wildman–Crippen LogP) is 1.93. The molecule has 0 aliphatic carbocycles. The molecule has 0 unspecified atom stereocenters. The number of amides is 3. The van der Waals surface area contributed by atoms with Crippen molar-refractivity contribution in [3.8, 4) is 0 Å². The molecule has 0 saturated carbocycles. The first kappa shape index (κ1) is 15.0. The van der Waals surface area contributed by atoms with E-state index in [1.165, 1.54) is 0 Å². The van der Waals surface area contributed by atoms with Crippen LogP contribution in [-0.2, 0) is 11.3 Å². The lowest BCUT2D eigenvalue weighted by atomic mass is 10.3. The number of urea groups is 1. The molecule has 7 heteroatoms. The third-order valence-corrected chi connectivity index (χ3v) is 3.53. The zero-order valence-corrected chi connectivity index (χ0v) is 12.5. The van der Waals surface area contributed by atoms with E-state index < -0.39 is 0 Å². The van der Waals surface area contributed by atoms with Gasteiger partial charge in [0.05, 0.1) is 12.2 Å². The maximum atomic E-state index is 11.9. The first-order valence-electron chi connectivity index (χ1n) is 7.43. The van der Waals surface area contributed by atoms with Gasteiger partial charge in [-0.3, -0.25) is 15.1 Å². The molecule has 3 heterocycles. The van der Waals surface area contributed by atoms with Gasteiger partial charge >= 0.3 is 6.03 Å². The summed E-state index contributed by atoms with van der Waals surface area (Å²) in [5.41, 5.74) is 1.52. The minimum Gasteiger partial charge on any atom is -0.332 e. The molecular formula is C16H17N5O2. The van der Waals surface area contributed by atoms with E-state index in [4.69, 9.17) is 0 Å². The standard InChI is InChI=1S/C16H17N5O2/c22-15-5-3-9-21(15)13-6-8-18-14(10-13)20-16(23)19-11-12-4-1-2-7-17-12/h1-2,4,6-8,10H,3,5,9,11H2,(H2,18,19,20,23). The molecule has 0 spiro atoms. The molecule has 2 aromatic heterocycles. The first-order valence-corrected chi connectivity index (χ1v) is 7.43. The van der Waals surface area contributed by atoms with Crippen LogP contribution < -0.4 is 15.5 Å². The molecule has 3 rings (SSSR count). The Hall–Kier alpha value is -2.96. The van der Waals surface area contributed by atoms with Gasteiger partial charge in [0.1, 0.15) is 5.82 Å². The zero-order chi connectivity index (χ0) is 16.1. The second-order valence-corrected chi connectivity index (χ2v) is 5.18. The van der Waals surface area contributed by atoms with Crippen molar-refractivity contribution in [2.24, 2.45) is 0 Å². The van der Waals surface area contributed by atoms with Gasteiger partial charge < -0.3 is 10.2 Å². The smallest absolute Gasteiger partial charge is 0.320 e. The summed E-state index contributed by atoms with van der Waals surface area (Å²) in [5, 5.41) is 5.38. The fraction of sp³-hybridized carbons (Fsp3) is 0.250. The van der Waals surface area contributed by atoms with E-state index in [-0.39, 0.29) is 11.9 Å². The molecule has 1 aliphatic rings. The van der Waals surface area contributed by atoms with Gasteiger partial charge in [0.25, 0.3) is 0 Å². The maximum Gasteiger partial charge on any atom is 0.320 e. The molecule has 23 heavy (non-hydrogen) atoms. The number of nitrogens with zero attached hydrogens (tertiary/aromatic N) is 3. The number of nitrogens with one attached hydrogen (secondary N) is 2. The van der Waals surface area contributed by atoms with Crippen LogP contribution in [0.25, 0.3) is 0 Å². The van der Waals surface area contributed by atoms with E-state index in [9.17, 15) is 9.59 Å². The quantitative estimate of drug-likeness (QED) is 0.903. The van der Waals surface area contributed by atoms with Crippen molar-refractivity contribution < 1.29 is 9.59 Å². The van der Waals surface area contributed by atoms with Crippen molar-refractivity contribution in [3.05, 3.63) is 48.4 Å². The van der Waals surface area contributed by atoms with E-state index in [0.717, 1.165) is 17.8 Å². The predicted molar refractivity (Wildman–Crippen MR) is 85.9 cm³/mol. The van der Waals surface area contributed by atoms with Gasteiger partial charge in [-0.2, -0.15) is 0 Å². The van der Waals surface area contributed by atoms with E-state index in [2.05, 4.69) is 20.6 Å². The van der Waals surface area contributed by atoms with Gasteiger partial charge in [-0.15, -0.1) is 0 Å². The minimum absolute atomic E-state index is 0.0988. The number of hydrogen-bond donors (Lipinski definition) is 2. The second kappa shape index (κ2) is 6.87. The number of hydrogen-bond acceptors (Lipinski definition) is 4. The molecule has 0 aromatic carbocycles. The number of rotatable bonds is 4. The van der Waals surface area contributed by atoms with Gasteiger partial charge in [0.15, 0.2) is 0 Å². The SMILES string of the molecule is O=C(NCc1ccccn1)Nc1cc(N2CCCC2=O)ccn1. The Bertz CT molecular complexity index is 705. The Balaban J connectivity index is 1.59. The van der Waals surface area contributed by atoms with Crippen LogP contribution in [0.1, 0.15) is 18.5 Å². The van der Waals surface area contributed by atoms with Crippen LogP contribution in [0.5, 0.6) is 0 Å². The molecule has 2 aromatic rings. The summed E-state index contributed by atoms with van der Waals surface area (Å²) in [6, 6.07) is 8.61. The largest absolute Gasteiger partial charge is 0.332 e. The van der Waals surface area contributed by atoms with Crippen LogP contribution >= 0.6 is 0 Å². The number of aromatic nitrogens is 2. The van der Waals surface area contributed by atoms with Crippen LogP contribution in [0.4, 0.5) is 16.3 Å². The molecule has 1 fully saturated rings. The third-order valence-electron chi connectivity index (χ3n) is 3.53. The minimum atomic E-state index is -0.368. The summed E-state index contributed by atoms with van der Waals surface area (Å²) in [4.78, 5) is 33.6. The molecule has 1 aliphatic heterocycles. The van der Waals surface area contributed by atoms with Crippen LogP contribution in [-0.4, -0.2) is 28.5 Å². The molecule has 0 atom stereocenters. The van der Waals surface area contributed by atoms with E-state index in [0.29, 0.717) is 25.3 Å². The Kier molecular flexibility index (Phi) is 4.46. The van der Waals surface area contributed by atoms with Crippen LogP contribution in [0.15, 0.2) is 42.7 Å². The highest BCUT2D eigenvalue weighted by Gasteiger charge is 2.22. The molecular weight excluding hydrogens is 294 g/mol. The molecule has 7 nitrogen and oxygen atoms in total. The highest BCUT2D eigenvalue weighted by atomic mass is 16.2. The molecule has 3 amide bonds. The number of anilines is 2. The third kappa shape index (κ3) is 3.82. The summed E-state index contributed by atoms with van der Waals surface area (Å²) in [7, 11) is 0. The monoisotopic (exact) mass is 311 g/mol. The summed E-state index contributed by atoms with van der Waals surface area (Å²) >= 11 is 0. The van der Waals surface area contributed by atoms with Gasteiger partial charge in [0, 0.05) is 37.1 Å². The highest BCUT2D eigenvalue weighted by Crippen LogP contribution is 2.22. The van der Waals surface area contributed by atoms with Gasteiger partial charge in [-0.05, 0) is 24.6 Å². The fourth-order valence-corrected chi connectivity index (χ4v) is 2.41. The molecule has 0 bridgehead atoms. The zero-order valence-electron chi connectivity index (χ0n) is 12.5. The maximum absolute atomic E-state index is 11.9. The van der Waals surface area contributed by atoms with Crippen molar-refractivity contribution in [3.63, 3.8) is 0 Å². The fourth-order valence-electron chi connectivity index (χ4n) is 2.41. The Morgan fingerprint density at radius 2 is 2.13 bits per heavy atom. The van der Waals surface area contributed by atoms with Crippen LogP contribution in [0, 0.1) is 0 Å². The summed E-state index contributed by atoms with van der Waals surface area (Å²) < 4.78 is 0. The van der Waals surface area contributed by atoms with E-state index in [1.807, 2.05) is 18.2 Å². The van der Waals surface area contributed by atoms with Gasteiger partial charge in [-0.1, -0.05) is 6.07 Å². The number of carbonyl (C=O) groups excluding carboxylic acids is 2. The van der Waals surface area contributed by atoms with E-state index in [1.54, 1.807) is 29.4 Å². The van der Waals surface area contributed by atoms with Crippen LogP contribution in [0.3, 0.4) is 0 Å². The second-order valence-electron chi connectivity index (χ2n) is 5.18. The molecule has 1 saturated heterocycles.